The number of aromatic nitrogens is 1. The fraction of sp³-hybridized carbons (Fsp3) is 0.333. The molecule has 6 heteroatoms. The van der Waals surface area contributed by atoms with Gasteiger partial charge in [0.15, 0.2) is 0 Å². The molecule has 1 amide bonds. The second-order valence-corrected chi connectivity index (χ2v) is 7.81. The predicted octanol–water partition coefficient (Wildman–Crippen LogP) is 3.20. The van der Waals surface area contributed by atoms with Gasteiger partial charge >= 0.3 is 0 Å². The summed E-state index contributed by atoms with van der Waals surface area (Å²) in [4.78, 5) is 28.2. The first-order valence-electron chi connectivity index (χ1n) is 10.3. The third-order valence-electron chi connectivity index (χ3n) is 5.67. The Morgan fingerprint density at radius 1 is 1.03 bits per heavy atom. The zero-order valence-electron chi connectivity index (χ0n) is 17.5. The summed E-state index contributed by atoms with van der Waals surface area (Å²) in [7, 11) is 0. The van der Waals surface area contributed by atoms with E-state index < -0.39 is 0 Å². The van der Waals surface area contributed by atoms with Gasteiger partial charge in [0.05, 0.1) is 13.2 Å². The third kappa shape index (κ3) is 4.30. The largest absolute Gasteiger partial charge is 0.379 e. The maximum atomic E-state index is 13.0. The fourth-order valence-corrected chi connectivity index (χ4v) is 3.85. The van der Waals surface area contributed by atoms with Gasteiger partial charge in [-0.15, -0.1) is 0 Å². The molecule has 0 saturated carbocycles. The highest BCUT2D eigenvalue weighted by molar-refractivity contribution is 6.09. The number of nitrogens with zero attached hydrogens (tertiary/aromatic N) is 2. The molecule has 0 atom stereocenters. The van der Waals surface area contributed by atoms with Gasteiger partial charge in [-0.3, -0.25) is 14.5 Å². The first-order chi connectivity index (χ1) is 14.5. The molecular weight excluding hydrogens is 378 g/mol. The van der Waals surface area contributed by atoms with Crippen molar-refractivity contribution in [1.82, 2.24) is 9.47 Å². The molecule has 2 heterocycles. The summed E-state index contributed by atoms with van der Waals surface area (Å²) >= 11 is 0. The van der Waals surface area contributed by atoms with Crippen molar-refractivity contribution in [3.8, 4) is 0 Å². The Morgan fingerprint density at radius 3 is 2.63 bits per heavy atom. The van der Waals surface area contributed by atoms with Crippen molar-refractivity contribution >= 4 is 22.4 Å². The van der Waals surface area contributed by atoms with E-state index in [9.17, 15) is 9.59 Å². The Morgan fingerprint density at radius 2 is 1.83 bits per heavy atom. The van der Waals surface area contributed by atoms with E-state index in [1.165, 1.54) is 0 Å². The lowest BCUT2D eigenvalue weighted by atomic mass is 10.0. The number of benzene rings is 2. The van der Waals surface area contributed by atoms with Gasteiger partial charge in [0, 0.05) is 54.4 Å². The highest BCUT2D eigenvalue weighted by Gasteiger charge is 2.14. The molecule has 0 unspecified atom stereocenters. The van der Waals surface area contributed by atoms with Crippen LogP contribution in [0.25, 0.3) is 10.8 Å². The van der Waals surface area contributed by atoms with Gasteiger partial charge in [0.1, 0.15) is 0 Å². The van der Waals surface area contributed by atoms with Crippen molar-refractivity contribution in [3.63, 3.8) is 0 Å². The highest BCUT2D eigenvalue weighted by Crippen LogP contribution is 2.22. The summed E-state index contributed by atoms with van der Waals surface area (Å²) in [6.45, 7) is 8.63. The SMILES string of the molecule is Cc1ccc(C)c(C(=O)Nc2cccc3c(=O)n(CCN4CCOCC4)ccc23)c1. The van der Waals surface area contributed by atoms with E-state index in [0.717, 1.165) is 49.4 Å². The summed E-state index contributed by atoms with van der Waals surface area (Å²) in [5.41, 5.74) is 3.21. The third-order valence-corrected chi connectivity index (χ3v) is 5.67. The molecular formula is C24H27N3O3. The van der Waals surface area contributed by atoms with Gasteiger partial charge in [-0.2, -0.15) is 0 Å². The first kappa shape index (κ1) is 20.3. The summed E-state index contributed by atoms with van der Waals surface area (Å²) in [6, 6.07) is 13.2. The number of carbonyl (C=O) groups excluding carboxylic acids is 1. The Balaban J connectivity index is 1.58. The van der Waals surface area contributed by atoms with Gasteiger partial charge in [0.25, 0.3) is 11.5 Å². The van der Waals surface area contributed by atoms with Crippen LogP contribution >= 0.6 is 0 Å². The Hall–Kier alpha value is -2.96. The van der Waals surface area contributed by atoms with Crippen LogP contribution in [0.2, 0.25) is 0 Å². The zero-order valence-corrected chi connectivity index (χ0v) is 17.5. The topological polar surface area (TPSA) is 63.6 Å². The molecule has 3 aromatic rings. The number of carbonyl (C=O) groups is 1. The Bertz CT molecular complexity index is 1130. The normalized spacial score (nSPS) is 14.7. The van der Waals surface area contributed by atoms with Crippen LogP contribution in [0.4, 0.5) is 5.69 Å². The van der Waals surface area contributed by atoms with Crippen molar-refractivity contribution in [2.24, 2.45) is 0 Å². The van der Waals surface area contributed by atoms with E-state index in [0.29, 0.717) is 23.2 Å². The standard InChI is InChI=1S/C24H27N3O3/c1-17-6-7-18(2)21(16-17)23(28)25-22-5-3-4-20-19(22)8-9-27(24(20)29)11-10-26-12-14-30-15-13-26/h3-9,16H,10-15H2,1-2H3,(H,25,28). The smallest absolute Gasteiger partial charge is 0.258 e. The van der Waals surface area contributed by atoms with E-state index in [2.05, 4.69) is 10.2 Å². The van der Waals surface area contributed by atoms with E-state index in [1.54, 1.807) is 4.57 Å². The van der Waals surface area contributed by atoms with Crippen LogP contribution in [0, 0.1) is 13.8 Å². The number of aryl methyl sites for hydroxylation is 2. The number of ether oxygens (including phenoxy) is 1. The maximum Gasteiger partial charge on any atom is 0.258 e. The number of morpholine rings is 1. The van der Waals surface area contributed by atoms with Gasteiger partial charge in [-0.25, -0.2) is 0 Å². The van der Waals surface area contributed by atoms with Gasteiger partial charge < -0.3 is 14.6 Å². The lowest BCUT2D eigenvalue weighted by Crippen LogP contribution is -2.39. The van der Waals surface area contributed by atoms with Crippen molar-refractivity contribution in [2.75, 3.05) is 38.2 Å². The van der Waals surface area contributed by atoms with Crippen molar-refractivity contribution in [1.29, 1.82) is 0 Å². The molecule has 1 aromatic heterocycles. The van der Waals surface area contributed by atoms with Crippen LogP contribution in [0.5, 0.6) is 0 Å². The zero-order chi connectivity index (χ0) is 21.1. The number of hydrogen-bond acceptors (Lipinski definition) is 4. The molecule has 0 radical (unpaired) electrons. The lowest BCUT2D eigenvalue weighted by Gasteiger charge is -2.26. The molecule has 1 saturated heterocycles. The fourth-order valence-electron chi connectivity index (χ4n) is 3.85. The van der Waals surface area contributed by atoms with E-state index in [-0.39, 0.29) is 11.5 Å². The maximum absolute atomic E-state index is 13.0. The van der Waals surface area contributed by atoms with Crippen LogP contribution in [0.1, 0.15) is 21.5 Å². The minimum atomic E-state index is -0.166. The van der Waals surface area contributed by atoms with Crippen LogP contribution in [-0.2, 0) is 11.3 Å². The average molecular weight is 405 g/mol. The summed E-state index contributed by atoms with van der Waals surface area (Å²) in [5, 5.41) is 4.35. The number of amides is 1. The van der Waals surface area contributed by atoms with E-state index >= 15 is 0 Å². The van der Waals surface area contributed by atoms with Crippen LogP contribution < -0.4 is 10.9 Å². The summed E-state index contributed by atoms with van der Waals surface area (Å²) < 4.78 is 7.12. The molecule has 1 N–H and O–H groups in total. The monoisotopic (exact) mass is 405 g/mol. The number of hydrogen-bond donors (Lipinski definition) is 1. The van der Waals surface area contributed by atoms with E-state index in [4.69, 9.17) is 4.74 Å². The number of rotatable bonds is 5. The molecule has 0 bridgehead atoms. The number of fused-ring (bicyclic) bond motifs is 1. The highest BCUT2D eigenvalue weighted by atomic mass is 16.5. The van der Waals surface area contributed by atoms with Gasteiger partial charge in [-0.1, -0.05) is 23.8 Å². The van der Waals surface area contributed by atoms with Gasteiger partial charge in [-0.05, 0) is 43.7 Å². The Labute approximate surface area is 176 Å². The van der Waals surface area contributed by atoms with E-state index in [1.807, 2.05) is 62.5 Å². The molecule has 0 aliphatic carbocycles. The molecule has 1 aliphatic rings. The average Bonchev–Trinajstić information content (AvgIpc) is 2.76. The Kier molecular flexibility index (Phi) is 5.97. The predicted molar refractivity (Wildman–Crippen MR) is 119 cm³/mol. The van der Waals surface area contributed by atoms with Crippen molar-refractivity contribution < 1.29 is 9.53 Å². The first-order valence-corrected chi connectivity index (χ1v) is 10.3. The molecule has 1 aliphatic heterocycles. The molecule has 4 rings (SSSR count). The summed E-state index contributed by atoms with van der Waals surface area (Å²) in [6.07, 6.45) is 1.82. The second kappa shape index (κ2) is 8.81. The molecule has 30 heavy (non-hydrogen) atoms. The van der Waals surface area contributed by atoms with Crippen molar-refractivity contribution in [3.05, 3.63) is 75.7 Å². The second-order valence-electron chi connectivity index (χ2n) is 7.81. The number of anilines is 1. The number of nitrogens with one attached hydrogen (secondary N) is 1. The quantitative estimate of drug-likeness (QED) is 0.708. The molecule has 6 nitrogen and oxygen atoms in total. The van der Waals surface area contributed by atoms with Crippen LogP contribution in [-0.4, -0.2) is 48.2 Å². The summed E-state index contributed by atoms with van der Waals surface area (Å²) in [5.74, 6) is -0.166. The molecule has 0 spiro atoms. The molecule has 156 valence electrons. The van der Waals surface area contributed by atoms with Crippen LogP contribution in [0.15, 0.2) is 53.5 Å². The lowest BCUT2D eigenvalue weighted by molar-refractivity contribution is 0.0363. The minimum Gasteiger partial charge on any atom is -0.379 e. The number of pyridine rings is 1. The van der Waals surface area contributed by atoms with Crippen molar-refractivity contribution in [2.45, 2.75) is 20.4 Å². The van der Waals surface area contributed by atoms with Gasteiger partial charge in [0.2, 0.25) is 0 Å². The minimum absolute atomic E-state index is 0.0383. The molecule has 2 aromatic carbocycles. The van der Waals surface area contributed by atoms with Crippen LogP contribution in [0.3, 0.4) is 0 Å². The molecule has 1 fully saturated rings.